The lowest BCUT2D eigenvalue weighted by Gasteiger charge is -2.35. The molecule has 1 unspecified atom stereocenters. The fourth-order valence-electron chi connectivity index (χ4n) is 7.46. The number of hydrogen-bond acceptors (Lipinski definition) is 11. The van der Waals surface area contributed by atoms with Crippen molar-refractivity contribution in [3.8, 4) is 10.4 Å². The van der Waals surface area contributed by atoms with E-state index < -0.39 is 59.4 Å². The Morgan fingerprint density at radius 2 is 1.65 bits per heavy atom. The van der Waals surface area contributed by atoms with Gasteiger partial charge in [-0.15, -0.1) is 11.3 Å². The first-order valence-corrected chi connectivity index (χ1v) is 22.3. The number of carbonyl (C=O) groups excluding carboxylic acids is 5. The van der Waals surface area contributed by atoms with Gasteiger partial charge in [0.1, 0.15) is 23.9 Å². The number of alkyl carbamates (subject to hydrolysis) is 1. The molecule has 16 heteroatoms. The Bertz CT molecular complexity index is 2010. The molecule has 3 aromatic rings. The number of hydrogen-bond donors (Lipinski definition) is 7. The molecule has 4 rings (SSSR count). The molecule has 0 saturated carbocycles. The van der Waals surface area contributed by atoms with Crippen molar-refractivity contribution in [1.29, 1.82) is 0 Å². The van der Waals surface area contributed by atoms with Crippen molar-refractivity contribution in [2.45, 2.75) is 156 Å². The van der Waals surface area contributed by atoms with Crippen LogP contribution >= 0.6 is 11.3 Å². The second-order valence-electron chi connectivity index (χ2n) is 18.4. The average Bonchev–Trinajstić information content (AvgIpc) is 3.80. The molecule has 0 bridgehead atoms. The van der Waals surface area contributed by atoms with Crippen molar-refractivity contribution in [2.24, 2.45) is 11.1 Å². The van der Waals surface area contributed by atoms with Gasteiger partial charge in [0.25, 0.3) is 0 Å². The maximum atomic E-state index is 14.1. The molecule has 1 saturated heterocycles. The van der Waals surface area contributed by atoms with E-state index in [1.165, 1.54) is 4.90 Å². The molecule has 0 spiro atoms. The number of nitrogens with two attached hydrogens (primary N) is 1. The molecule has 8 N–H and O–H groups in total. The van der Waals surface area contributed by atoms with Gasteiger partial charge in [-0.3, -0.25) is 19.2 Å². The van der Waals surface area contributed by atoms with Crippen LogP contribution < -0.4 is 27.0 Å². The van der Waals surface area contributed by atoms with E-state index in [4.69, 9.17) is 10.5 Å². The van der Waals surface area contributed by atoms with Crippen molar-refractivity contribution < 1.29 is 38.9 Å². The number of amides is 5. The highest BCUT2D eigenvalue weighted by atomic mass is 32.1. The molecule has 2 aromatic carbocycles. The van der Waals surface area contributed by atoms with E-state index in [1.807, 2.05) is 89.5 Å². The van der Waals surface area contributed by atoms with Gasteiger partial charge in [0.2, 0.25) is 23.6 Å². The average molecular weight is 878 g/mol. The number of benzene rings is 2. The SMILES string of the molecule is Cc1ncsc1-c1ccc([C@H](C)NC(=O)[C@@H]2C[C@@H](O)CN2C(=O)[C@@H](NC(=O)CCCCCc2cccc(NC(O)[C@H](CCC(N)=O)NC(=O)OC(C)(C)C)c2C)C(C)(C)C)cc1. The number of β-amino-alcohol motifs (C(OH)–C–C–N with tert-alkyl or cyclic N) is 1. The van der Waals surface area contributed by atoms with Crippen LogP contribution in [0.2, 0.25) is 0 Å². The van der Waals surface area contributed by atoms with Gasteiger partial charge in [0.05, 0.1) is 34.3 Å². The van der Waals surface area contributed by atoms with E-state index in [2.05, 4.69) is 26.3 Å². The second kappa shape index (κ2) is 21.8. The Hall–Kier alpha value is -5.06. The number of aromatic nitrogens is 1. The molecule has 1 aliphatic rings. The van der Waals surface area contributed by atoms with Crippen molar-refractivity contribution >= 4 is 46.7 Å². The zero-order valence-electron chi connectivity index (χ0n) is 37.7. The molecular weight excluding hydrogens is 811 g/mol. The lowest BCUT2D eigenvalue weighted by atomic mass is 9.85. The van der Waals surface area contributed by atoms with Crippen molar-refractivity contribution in [3.63, 3.8) is 0 Å². The van der Waals surface area contributed by atoms with E-state index in [0.29, 0.717) is 18.5 Å². The van der Waals surface area contributed by atoms with Crippen LogP contribution in [0.3, 0.4) is 0 Å². The lowest BCUT2D eigenvalue weighted by Crippen LogP contribution is -2.57. The number of nitrogens with one attached hydrogen (secondary N) is 4. The molecule has 6 atom stereocenters. The number of thiazole rings is 1. The molecule has 15 nitrogen and oxygen atoms in total. The quantitative estimate of drug-likeness (QED) is 0.0567. The normalized spacial score (nSPS) is 17.4. The molecule has 5 amide bonds. The number of nitrogens with zero attached hydrogens (tertiary/aromatic N) is 2. The number of aliphatic hydroxyl groups is 2. The molecule has 340 valence electrons. The summed E-state index contributed by atoms with van der Waals surface area (Å²) in [6, 6.07) is 10.6. The molecule has 0 radical (unpaired) electrons. The summed E-state index contributed by atoms with van der Waals surface area (Å²) in [6.07, 6.45) is 0.327. The molecule has 1 aliphatic heterocycles. The second-order valence-corrected chi connectivity index (χ2v) is 19.2. The number of carbonyl (C=O) groups is 5. The first-order chi connectivity index (χ1) is 29.0. The van der Waals surface area contributed by atoms with E-state index >= 15 is 0 Å². The third-order valence-electron chi connectivity index (χ3n) is 10.9. The summed E-state index contributed by atoms with van der Waals surface area (Å²) in [7, 11) is 0. The van der Waals surface area contributed by atoms with Crippen LogP contribution in [0.25, 0.3) is 10.4 Å². The third-order valence-corrected chi connectivity index (χ3v) is 11.9. The van der Waals surface area contributed by atoms with Gasteiger partial charge in [-0.05, 0) is 101 Å². The highest BCUT2D eigenvalue weighted by Gasteiger charge is 2.44. The maximum Gasteiger partial charge on any atom is 0.408 e. The molecule has 2 heterocycles. The number of unbranched alkanes of at least 4 members (excludes halogenated alkanes) is 2. The summed E-state index contributed by atoms with van der Waals surface area (Å²) >= 11 is 1.57. The topological polar surface area (TPSA) is 225 Å². The molecule has 1 aromatic heterocycles. The number of aliphatic hydroxyl groups excluding tert-OH is 2. The third kappa shape index (κ3) is 14.5. The molecular formula is C46H67N7O8S. The van der Waals surface area contributed by atoms with Crippen LogP contribution in [0.15, 0.2) is 48.0 Å². The van der Waals surface area contributed by atoms with E-state index in [1.54, 1.807) is 32.1 Å². The van der Waals surface area contributed by atoms with Gasteiger partial charge in [-0.25, -0.2) is 9.78 Å². The fourth-order valence-corrected chi connectivity index (χ4v) is 8.27. The summed E-state index contributed by atoms with van der Waals surface area (Å²) in [4.78, 5) is 71.9. The van der Waals surface area contributed by atoms with Crippen LogP contribution in [-0.2, 0) is 30.3 Å². The zero-order chi connectivity index (χ0) is 45.9. The Morgan fingerprint density at radius 1 is 0.952 bits per heavy atom. The number of ether oxygens (including phenoxy) is 1. The van der Waals surface area contributed by atoms with Gasteiger partial charge >= 0.3 is 6.09 Å². The van der Waals surface area contributed by atoms with E-state index in [-0.39, 0.29) is 50.1 Å². The monoisotopic (exact) mass is 877 g/mol. The van der Waals surface area contributed by atoms with Gasteiger partial charge in [0.15, 0.2) is 0 Å². The van der Waals surface area contributed by atoms with Crippen LogP contribution in [0.1, 0.15) is 122 Å². The zero-order valence-corrected chi connectivity index (χ0v) is 38.5. The largest absolute Gasteiger partial charge is 0.444 e. The first-order valence-electron chi connectivity index (χ1n) is 21.4. The minimum Gasteiger partial charge on any atom is -0.444 e. The fraction of sp³-hybridized carbons (Fsp3) is 0.565. The molecule has 1 fully saturated rings. The molecule has 0 aliphatic carbocycles. The van der Waals surface area contributed by atoms with Gasteiger partial charge in [-0.2, -0.15) is 0 Å². The Balaban J connectivity index is 1.29. The summed E-state index contributed by atoms with van der Waals surface area (Å²) in [6.45, 7) is 16.5. The van der Waals surface area contributed by atoms with Crippen LogP contribution in [0.4, 0.5) is 10.5 Å². The highest BCUT2D eigenvalue weighted by Crippen LogP contribution is 2.30. The van der Waals surface area contributed by atoms with E-state index in [9.17, 15) is 34.2 Å². The lowest BCUT2D eigenvalue weighted by molar-refractivity contribution is -0.144. The number of rotatable bonds is 19. The van der Waals surface area contributed by atoms with Crippen molar-refractivity contribution in [1.82, 2.24) is 25.8 Å². The maximum absolute atomic E-state index is 14.1. The predicted octanol–water partition coefficient (Wildman–Crippen LogP) is 5.79. The van der Waals surface area contributed by atoms with Crippen LogP contribution in [0.5, 0.6) is 0 Å². The van der Waals surface area contributed by atoms with E-state index in [0.717, 1.165) is 45.7 Å². The minimum atomic E-state index is -1.24. The number of anilines is 1. The predicted molar refractivity (Wildman–Crippen MR) is 241 cm³/mol. The number of primary amides is 1. The standard InChI is InChI=1S/C46H67N7O8S/c1-27-30(15-13-16-34(27)50-41(57)35(22-23-37(47)55)51-44(60)61-46(7,8)9)14-11-10-12-17-38(56)52-40(45(4,5)6)43(59)53-25-33(54)24-36(53)42(58)49-28(2)31-18-20-32(21-19-31)39-29(3)48-26-62-39/h13,15-16,18-21,26,28,33,35-36,40-41,50,54,57H,10-12,14,17,22-25H2,1-9H3,(H2,47,55)(H,49,58)(H,51,60)(H,52,56)/t28-,33+,35-,36-,40+,41?/m0/s1. The number of aryl methyl sites for hydroxylation is 2. The van der Waals surface area contributed by atoms with Crippen molar-refractivity contribution in [2.75, 3.05) is 11.9 Å². The highest BCUT2D eigenvalue weighted by molar-refractivity contribution is 7.13. The Labute approximate surface area is 370 Å². The summed E-state index contributed by atoms with van der Waals surface area (Å²) < 4.78 is 5.34. The summed E-state index contributed by atoms with van der Waals surface area (Å²) in [5, 5.41) is 33.4. The summed E-state index contributed by atoms with van der Waals surface area (Å²) in [5.74, 6) is -1.60. The van der Waals surface area contributed by atoms with Gasteiger partial charge < -0.3 is 46.9 Å². The smallest absolute Gasteiger partial charge is 0.408 e. The summed E-state index contributed by atoms with van der Waals surface area (Å²) in [5.41, 5.74) is 11.2. The first kappa shape index (κ1) is 49.6. The molecule has 62 heavy (non-hydrogen) atoms. The number of likely N-dealkylation sites (tertiary alicyclic amines) is 1. The van der Waals surface area contributed by atoms with Gasteiger partial charge in [0, 0.05) is 31.5 Å². The minimum absolute atomic E-state index is 0.00933. The Kier molecular flexibility index (Phi) is 17.5. The Morgan fingerprint density at radius 3 is 2.26 bits per heavy atom. The van der Waals surface area contributed by atoms with Gasteiger partial charge in [-0.1, -0.05) is 63.6 Å². The van der Waals surface area contributed by atoms with Crippen LogP contribution in [-0.4, -0.2) is 92.4 Å². The van der Waals surface area contributed by atoms with Crippen molar-refractivity contribution in [3.05, 3.63) is 70.4 Å². The van der Waals surface area contributed by atoms with Crippen LogP contribution in [0, 0.1) is 19.3 Å².